The fraction of sp³-hybridized carbons (Fsp3) is 0.682. The largest absolute Gasteiger partial charge is 0.492 e. The number of amides is 2. The Morgan fingerprint density at radius 1 is 1.32 bits per heavy atom. The zero-order chi connectivity index (χ0) is 19.6. The zero-order valence-corrected chi connectivity index (χ0v) is 16.8. The van der Waals surface area contributed by atoms with E-state index in [9.17, 15) is 9.18 Å². The fourth-order valence-corrected chi connectivity index (χ4v) is 5.26. The molecule has 2 aliphatic heterocycles. The number of carbonyl (C=O) groups is 1. The van der Waals surface area contributed by atoms with E-state index in [1.165, 1.54) is 25.3 Å². The first-order chi connectivity index (χ1) is 13.6. The van der Waals surface area contributed by atoms with Gasteiger partial charge in [-0.1, -0.05) is 12.8 Å². The standard InChI is InChI=1S/C22H32FN3O2.H2/c1-2-24-21(27)25-17-5-3-4-6-18(14-17)26-11-9-22(10-12-26)15-28-20-8-7-16(23)13-19(20)22;/h7-8,13,17-18H,2-6,9-12,14-15H2,1H3,(H2,24,25,27);1H. The Kier molecular flexibility index (Phi) is 5.76. The van der Waals surface area contributed by atoms with Crippen LogP contribution >= 0.6 is 0 Å². The highest BCUT2D eigenvalue weighted by Gasteiger charge is 2.44. The molecule has 156 valence electrons. The Hall–Kier alpha value is -1.82. The maximum atomic E-state index is 13.8. The first kappa shape index (κ1) is 19.5. The monoisotopic (exact) mass is 391 g/mol. The molecule has 3 aliphatic rings. The van der Waals surface area contributed by atoms with Gasteiger partial charge in [0.2, 0.25) is 0 Å². The molecule has 5 nitrogen and oxygen atoms in total. The molecule has 1 aromatic rings. The van der Waals surface area contributed by atoms with Gasteiger partial charge in [0.25, 0.3) is 0 Å². The van der Waals surface area contributed by atoms with Gasteiger partial charge in [-0.15, -0.1) is 0 Å². The van der Waals surface area contributed by atoms with E-state index in [1.807, 2.05) is 6.92 Å². The summed E-state index contributed by atoms with van der Waals surface area (Å²) in [6, 6.07) is 5.65. The van der Waals surface area contributed by atoms with E-state index in [4.69, 9.17) is 4.74 Å². The van der Waals surface area contributed by atoms with Gasteiger partial charge in [-0.25, -0.2) is 9.18 Å². The molecular weight excluding hydrogens is 357 g/mol. The van der Waals surface area contributed by atoms with E-state index in [2.05, 4.69) is 15.5 Å². The van der Waals surface area contributed by atoms with E-state index < -0.39 is 0 Å². The van der Waals surface area contributed by atoms with Gasteiger partial charge in [-0.2, -0.15) is 0 Å². The SMILES string of the molecule is CCNC(=O)NC1CCCCC(N2CCC3(CC2)COc2ccc(F)cc23)C1.[HH]. The van der Waals surface area contributed by atoms with Crippen molar-refractivity contribution < 1.29 is 15.3 Å². The lowest BCUT2D eigenvalue weighted by Crippen LogP contribution is -2.50. The lowest BCUT2D eigenvalue weighted by atomic mass is 9.74. The van der Waals surface area contributed by atoms with Crippen molar-refractivity contribution in [1.29, 1.82) is 0 Å². The predicted octanol–water partition coefficient (Wildman–Crippen LogP) is 3.82. The van der Waals surface area contributed by atoms with E-state index in [1.54, 1.807) is 12.1 Å². The minimum atomic E-state index is -0.172. The Morgan fingerprint density at radius 3 is 2.89 bits per heavy atom. The minimum absolute atomic E-state index is 0. The van der Waals surface area contributed by atoms with Crippen LogP contribution in [0.3, 0.4) is 0 Å². The third kappa shape index (κ3) is 3.97. The molecule has 4 rings (SSSR count). The molecule has 28 heavy (non-hydrogen) atoms. The van der Waals surface area contributed by atoms with Crippen LogP contribution in [-0.2, 0) is 5.41 Å². The Bertz CT molecular complexity index is 709. The van der Waals surface area contributed by atoms with Crippen molar-refractivity contribution in [3.8, 4) is 5.75 Å². The van der Waals surface area contributed by atoms with Gasteiger partial charge in [-0.3, -0.25) is 0 Å². The van der Waals surface area contributed by atoms with Crippen LogP contribution in [0.1, 0.15) is 58.9 Å². The van der Waals surface area contributed by atoms with E-state index in [-0.39, 0.29) is 24.7 Å². The number of hydrogen-bond acceptors (Lipinski definition) is 3. The maximum Gasteiger partial charge on any atom is 0.314 e. The average Bonchev–Trinajstić information content (AvgIpc) is 2.87. The molecule has 6 heteroatoms. The fourth-order valence-electron chi connectivity index (χ4n) is 5.26. The highest BCUT2D eigenvalue weighted by Crippen LogP contribution is 2.46. The number of halogens is 1. The molecule has 0 bridgehead atoms. The summed E-state index contributed by atoms with van der Waals surface area (Å²) in [5, 5.41) is 6.00. The van der Waals surface area contributed by atoms with Gasteiger partial charge < -0.3 is 20.3 Å². The van der Waals surface area contributed by atoms with Gasteiger partial charge in [0.1, 0.15) is 11.6 Å². The van der Waals surface area contributed by atoms with Gasteiger partial charge in [-0.05, 0) is 70.3 Å². The number of rotatable bonds is 3. The molecule has 1 spiro atoms. The number of likely N-dealkylation sites (tertiary alicyclic amines) is 1. The number of nitrogens with one attached hydrogen (secondary N) is 2. The number of nitrogens with zero attached hydrogens (tertiary/aromatic N) is 1. The van der Waals surface area contributed by atoms with Crippen LogP contribution in [0.15, 0.2) is 18.2 Å². The predicted molar refractivity (Wildman–Crippen MR) is 109 cm³/mol. The Balaban J connectivity index is 0.00000240. The summed E-state index contributed by atoms with van der Waals surface area (Å²) in [4.78, 5) is 14.5. The summed E-state index contributed by atoms with van der Waals surface area (Å²) in [6.07, 6.45) is 7.69. The molecule has 0 aromatic heterocycles. The third-order valence-electron chi connectivity index (χ3n) is 6.86. The summed E-state index contributed by atoms with van der Waals surface area (Å²) >= 11 is 0. The molecule has 2 amide bonds. The van der Waals surface area contributed by atoms with E-state index in [0.717, 1.165) is 50.1 Å². The molecular formula is C22H34FN3O2. The lowest BCUT2D eigenvalue weighted by molar-refractivity contribution is 0.0897. The Labute approximate surface area is 168 Å². The number of fused-ring (bicyclic) bond motifs is 2. The molecule has 2 fully saturated rings. The van der Waals surface area contributed by atoms with Crippen LogP contribution in [0.25, 0.3) is 0 Å². The maximum absolute atomic E-state index is 13.8. The first-order valence-corrected chi connectivity index (χ1v) is 10.8. The first-order valence-electron chi connectivity index (χ1n) is 10.8. The van der Waals surface area contributed by atoms with Crippen molar-refractivity contribution in [3.05, 3.63) is 29.6 Å². The molecule has 1 saturated carbocycles. The van der Waals surface area contributed by atoms with Gasteiger partial charge in [0.15, 0.2) is 0 Å². The van der Waals surface area contributed by atoms with Gasteiger partial charge in [0.05, 0.1) is 6.61 Å². The van der Waals surface area contributed by atoms with Crippen LogP contribution in [-0.4, -0.2) is 49.3 Å². The normalized spacial score (nSPS) is 26.9. The van der Waals surface area contributed by atoms with Crippen molar-refractivity contribution >= 4 is 6.03 Å². The van der Waals surface area contributed by atoms with Crippen molar-refractivity contribution in [2.45, 2.75) is 69.4 Å². The number of hydrogen-bond donors (Lipinski definition) is 2. The van der Waals surface area contributed by atoms with Crippen LogP contribution in [0.5, 0.6) is 5.75 Å². The summed E-state index contributed by atoms with van der Waals surface area (Å²) in [7, 11) is 0. The molecule has 2 unspecified atom stereocenters. The van der Waals surface area contributed by atoms with Crippen molar-refractivity contribution in [1.82, 2.24) is 15.5 Å². The second-order valence-electron chi connectivity index (χ2n) is 8.62. The zero-order valence-electron chi connectivity index (χ0n) is 16.8. The van der Waals surface area contributed by atoms with Gasteiger partial charge >= 0.3 is 6.03 Å². The highest BCUT2D eigenvalue weighted by molar-refractivity contribution is 5.74. The molecule has 1 saturated heterocycles. The molecule has 2 atom stereocenters. The highest BCUT2D eigenvalue weighted by atomic mass is 19.1. The third-order valence-corrected chi connectivity index (χ3v) is 6.86. The molecule has 2 N–H and O–H groups in total. The smallest absolute Gasteiger partial charge is 0.314 e. The quantitative estimate of drug-likeness (QED) is 0.770. The number of urea groups is 1. The number of benzene rings is 1. The number of ether oxygens (including phenoxy) is 1. The van der Waals surface area contributed by atoms with E-state index >= 15 is 0 Å². The van der Waals surface area contributed by atoms with Crippen LogP contribution in [0, 0.1) is 5.82 Å². The summed E-state index contributed by atoms with van der Waals surface area (Å²) in [5.74, 6) is 0.685. The average molecular weight is 392 g/mol. The molecule has 0 radical (unpaired) electrons. The van der Waals surface area contributed by atoms with E-state index in [0.29, 0.717) is 19.2 Å². The number of piperidine rings is 1. The number of carbonyl (C=O) groups excluding carboxylic acids is 1. The second kappa shape index (κ2) is 8.27. The van der Waals surface area contributed by atoms with Crippen molar-refractivity contribution in [3.63, 3.8) is 0 Å². The van der Waals surface area contributed by atoms with Crippen LogP contribution < -0.4 is 15.4 Å². The topological polar surface area (TPSA) is 53.6 Å². The minimum Gasteiger partial charge on any atom is -0.492 e. The summed E-state index contributed by atoms with van der Waals surface area (Å²) in [6.45, 7) is 5.29. The summed E-state index contributed by atoms with van der Waals surface area (Å²) < 4.78 is 19.7. The molecule has 1 aromatic carbocycles. The van der Waals surface area contributed by atoms with Crippen molar-refractivity contribution in [2.75, 3.05) is 26.2 Å². The Morgan fingerprint density at radius 2 is 2.11 bits per heavy atom. The van der Waals surface area contributed by atoms with Crippen LogP contribution in [0.2, 0.25) is 0 Å². The molecule has 1 aliphatic carbocycles. The lowest BCUT2D eigenvalue weighted by Gasteiger charge is -2.42. The van der Waals surface area contributed by atoms with Crippen LogP contribution in [0.4, 0.5) is 9.18 Å². The summed E-state index contributed by atoms with van der Waals surface area (Å²) in [5.41, 5.74) is 1.03. The van der Waals surface area contributed by atoms with Gasteiger partial charge in [0, 0.05) is 31.0 Å². The van der Waals surface area contributed by atoms with Crippen molar-refractivity contribution in [2.24, 2.45) is 0 Å². The second-order valence-corrected chi connectivity index (χ2v) is 8.62. The molecule has 2 heterocycles.